The molecule has 0 saturated carbocycles. The molecule has 0 radical (unpaired) electrons. The molecule has 0 bridgehead atoms. The molecule has 138 valence electrons. The molecule has 1 heterocycles. The van der Waals surface area contributed by atoms with Gasteiger partial charge in [-0.1, -0.05) is 13.0 Å². The number of carbonyl (C=O) groups excluding carboxylic acids is 1. The molecule has 0 aromatic heterocycles. The van der Waals surface area contributed by atoms with Crippen molar-refractivity contribution in [1.82, 2.24) is 0 Å². The van der Waals surface area contributed by atoms with E-state index in [2.05, 4.69) is 40.3 Å². The molecule has 3 rings (SSSR count). The number of fused-ring (bicyclic) bond motifs is 1. The maximum absolute atomic E-state index is 12.1. The van der Waals surface area contributed by atoms with Crippen molar-refractivity contribution < 1.29 is 19.0 Å². The molecule has 26 heavy (non-hydrogen) atoms. The first-order valence-corrected chi connectivity index (χ1v) is 9.55. The van der Waals surface area contributed by atoms with Gasteiger partial charge in [-0.25, -0.2) is 0 Å². The Morgan fingerprint density at radius 3 is 2.73 bits per heavy atom. The number of halogens is 1. The fourth-order valence-electron chi connectivity index (χ4n) is 2.64. The van der Waals surface area contributed by atoms with Crippen molar-refractivity contribution in [3.8, 4) is 17.2 Å². The van der Waals surface area contributed by atoms with Crippen molar-refractivity contribution >= 4 is 27.5 Å². The van der Waals surface area contributed by atoms with Crippen LogP contribution in [-0.2, 0) is 11.2 Å². The van der Waals surface area contributed by atoms with Crippen LogP contribution in [0.3, 0.4) is 0 Å². The summed E-state index contributed by atoms with van der Waals surface area (Å²) >= 11 is 3.52. The van der Waals surface area contributed by atoms with E-state index in [1.165, 1.54) is 5.56 Å². The summed E-state index contributed by atoms with van der Waals surface area (Å²) in [7, 11) is 0. The molecule has 1 N–H and O–H groups in total. The highest BCUT2D eigenvalue weighted by molar-refractivity contribution is 9.10. The molecule has 0 spiro atoms. The lowest BCUT2D eigenvalue weighted by Gasteiger charge is -2.19. The molecule has 1 aliphatic rings. The van der Waals surface area contributed by atoms with E-state index in [1.807, 2.05) is 18.2 Å². The van der Waals surface area contributed by atoms with Crippen molar-refractivity contribution in [1.29, 1.82) is 0 Å². The van der Waals surface area contributed by atoms with Crippen LogP contribution in [0.2, 0.25) is 0 Å². The molecule has 5 nitrogen and oxygen atoms in total. The van der Waals surface area contributed by atoms with E-state index in [-0.39, 0.29) is 5.91 Å². The lowest BCUT2D eigenvalue weighted by atomic mass is 10.2. The molecule has 2 aromatic rings. The van der Waals surface area contributed by atoms with Crippen molar-refractivity contribution in [3.05, 3.63) is 46.4 Å². The lowest BCUT2D eigenvalue weighted by molar-refractivity contribution is -0.116. The van der Waals surface area contributed by atoms with Crippen molar-refractivity contribution in [2.24, 2.45) is 0 Å². The van der Waals surface area contributed by atoms with Gasteiger partial charge in [0.2, 0.25) is 5.91 Å². The van der Waals surface area contributed by atoms with Gasteiger partial charge in [0, 0.05) is 18.2 Å². The molecule has 0 saturated heterocycles. The predicted octanol–water partition coefficient (Wildman–Crippen LogP) is 4.58. The number of nitrogens with one attached hydrogen (secondary N) is 1. The smallest absolute Gasteiger partial charge is 0.224 e. The Balaban J connectivity index is 1.43. The Hall–Kier alpha value is -2.21. The van der Waals surface area contributed by atoms with Crippen molar-refractivity contribution in [3.63, 3.8) is 0 Å². The molecule has 6 heteroatoms. The summed E-state index contributed by atoms with van der Waals surface area (Å²) < 4.78 is 17.7. The Kier molecular flexibility index (Phi) is 6.39. The van der Waals surface area contributed by atoms with Gasteiger partial charge in [0.1, 0.15) is 19.0 Å². The van der Waals surface area contributed by atoms with Crippen LogP contribution in [0, 0.1) is 0 Å². The topological polar surface area (TPSA) is 56.8 Å². The third kappa shape index (κ3) is 4.91. The Bertz CT molecular complexity index is 778. The summed E-state index contributed by atoms with van der Waals surface area (Å²) in [6.07, 6.45) is 2.01. The van der Waals surface area contributed by atoms with Gasteiger partial charge in [-0.05, 0) is 58.6 Å². The van der Waals surface area contributed by atoms with Crippen LogP contribution in [0.4, 0.5) is 5.69 Å². The van der Waals surface area contributed by atoms with Crippen LogP contribution in [0.15, 0.2) is 40.9 Å². The van der Waals surface area contributed by atoms with Gasteiger partial charge in [-0.3, -0.25) is 4.79 Å². The molecular weight excluding hydrogens is 398 g/mol. The largest absolute Gasteiger partial charge is 0.492 e. The number of hydrogen-bond acceptors (Lipinski definition) is 4. The van der Waals surface area contributed by atoms with Gasteiger partial charge in [-0.15, -0.1) is 0 Å². The molecule has 0 atom stereocenters. The molecule has 0 fully saturated rings. The van der Waals surface area contributed by atoms with Crippen LogP contribution < -0.4 is 19.5 Å². The second-order valence-electron chi connectivity index (χ2n) is 5.98. The molecule has 0 unspecified atom stereocenters. The quantitative estimate of drug-likeness (QED) is 0.667. The minimum absolute atomic E-state index is 0.0503. The number of anilines is 1. The predicted molar refractivity (Wildman–Crippen MR) is 104 cm³/mol. The number of hydrogen-bond donors (Lipinski definition) is 1. The first-order chi connectivity index (χ1) is 12.7. The Labute approximate surface area is 161 Å². The average Bonchev–Trinajstić information content (AvgIpc) is 2.66. The SMILES string of the molecule is CCc1ccc(OCCCC(=O)Nc2ccc3c(c2)OCCO3)c(Br)c1. The molecule has 1 amide bonds. The summed E-state index contributed by atoms with van der Waals surface area (Å²) in [5.74, 6) is 2.13. The maximum Gasteiger partial charge on any atom is 0.224 e. The Morgan fingerprint density at radius 1 is 1.15 bits per heavy atom. The van der Waals surface area contributed by atoms with Gasteiger partial charge in [0.05, 0.1) is 11.1 Å². The highest BCUT2D eigenvalue weighted by atomic mass is 79.9. The third-order valence-electron chi connectivity index (χ3n) is 4.04. The zero-order valence-electron chi connectivity index (χ0n) is 14.7. The van der Waals surface area contributed by atoms with Gasteiger partial charge >= 0.3 is 0 Å². The van der Waals surface area contributed by atoms with E-state index >= 15 is 0 Å². The van der Waals surface area contributed by atoms with Crippen LogP contribution in [0.1, 0.15) is 25.3 Å². The highest BCUT2D eigenvalue weighted by Gasteiger charge is 2.12. The second-order valence-corrected chi connectivity index (χ2v) is 6.83. The zero-order valence-corrected chi connectivity index (χ0v) is 16.3. The van der Waals surface area contributed by atoms with Crippen molar-refractivity contribution in [2.45, 2.75) is 26.2 Å². The second kappa shape index (κ2) is 8.94. The van der Waals surface area contributed by atoms with E-state index in [1.54, 1.807) is 6.07 Å². The van der Waals surface area contributed by atoms with Gasteiger partial charge in [-0.2, -0.15) is 0 Å². The van der Waals surface area contributed by atoms with Crippen LogP contribution >= 0.6 is 15.9 Å². The van der Waals surface area contributed by atoms with Crippen LogP contribution in [-0.4, -0.2) is 25.7 Å². The monoisotopic (exact) mass is 419 g/mol. The number of benzene rings is 2. The minimum atomic E-state index is -0.0503. The van der Waals surface area contributed by atoms with E-state index in [9.17, 15) is 4.79 Å². The van der Waals surface area contributed by atoms with Crippen LogP contribution in [0.25, 0.3) is 0 Å². The van der Waals surface area contributed by atoms with Crippen LogP contribution in [0.5, 0.6) is 17.2 Å². The van der Waals surface area contributed by atoms with Gasteiger partial charge < -0.3 is 19.5 Å². The molecular formula is C20H22BrNO4. The Morgan fingerprint density at radius 2 is 1.96 bits per heavy atom. The van der Waals surface area contributed by atoms with Gasteiger partial charge in [0.15, 0.2) is 11.5 Å². The van der Waals surface area contributed by atoms with Crippen molar-refractivity contribution in [2.75, 3.05) is 25.1 Å². The highest BCUT2D eigenvalue weighted by Crippen LogP contribution is 2.32. The first kappa shape index (κ1) is 18.6. The number of ether oxygens (including phenoxy) is 3. The molecule has 2 aromatic carbocycles. The average molecular weight is 420 g/mol. The first-order valence-electron chi connectivity index (χ1n) is 8.76. The minimum Gasteiger partial charge on any atom is -0.492 e. The molecule has 0 aliphatic carbocycles. The number of amides is 1. The summed E-state index contributed by atoms with van der Waals surface area (Å²) in [5.41, 5.74) is 1.96. The number of carbonyl (C=O) groups is 1. The van der Waals surface area contributed by atoms with E-state index in [0.717, 1.165) is 16.6 Å². The summed E-state index contributed by atoms with van der Waals surface area (Å²) in [6, 6.07) is 11.5. The van der Waals surface area contributed by atoms with E-state index in [0.29, 0.717) is 49.8 Å². The maximum atomic E-state index is 12.1. The number of rotatable bonds is 7. The third-order valence-corrected chi connectivity index (χ3v) is 4.66. The lowest BCUT2D eigenvalue weighted by Crippen LogP contribution is -2.16. The fraction of sp³-hybridized carbons (Fsp3) is 0.350. The number of aryl methyl sites for hydroxylation is 1. The summed E-state index contributed by atoms with van der Waals surface area (Å²) in [5, 5.41) is 2.88. The van der Waals surface area contributed by atoms with E-state index in [4.69, 9.17) is 14.2 Å². The normalized spacial score (nSPS) is 12.5. The molecule has 1 aliphatic heterocycles. The van der Waals surface area contributed by atoms with Gasteiger partial charge in [0.25, 0.3) is 0 Å². The zero-order chi connectivity index (χ0) is 18.4. The van der Waals surface area contributed by atoms with E-state index < -0.39 is 0 Å². The standard InChI is InChI=1S/C20H22BrNO4/c1-2-14-5-7-17(16(21)12-14)24-9-3-4-20(23)22-15-6-8-18-19(13-15)26-11-10-25-18/h5-8,12-13H,2-4,9-11H2,1H3,(H,22,23). The summed E-state index contributed by atoms with van der Waals surface area (Å²) in [6.45, 7) is 3.67. The fourth-order valence-corrected chi connectivity index (χ4v) is 3.18. The summed E-state index contributed by atoms with van der Waals surface area (Å²) in [4.78, 5) is 12.1.